The summed E-state index contributed by atoms with van der Waals surface area (Å²) in [5, 5.41) is 6.76. The minimum absolute atomic E-state index is 0.750. The van der Waals surface area contributed by atoms with Crippen LogP contribution < -0.4 is 10.6 Å². The van der Waals surface area contributed by atoms with E-state index in [1.165, 1.54) is 25.0 Å². The number of nitrogens with one attached hydrogen (secondary N) is 2. The summed E-state index contributed by atoms with van der Waals surface area (Å²) in [6.07, 6.45) is 5.96. The van der Waals surface area contributed by atoms with E-state index in [1.54, 1.807) is 0 Å². The lowest BCUT2D eigenvalue weighted by molar-refractivity contribution is 0.697. The van der Waals surface area contributed by atoms with Gasteiger partial charge in [0.2, 0.25) is 0 Å². The van der Waals surface area contributed by atoms with Crippen LogP contribution in [0.15, 0.2) is 0 Å². The van der Waals surface area contributed by atoms with Crippen molar-refractivity contribution in [2.45, 2.75) is 19.3 Å². The SMILES string of the molecule is CNC(=S)NCCCCCSC. The molecule has 72 valence electrons. The molecule has 0 aromatic rings. The van der Waals surface area contributed by atoms with E-state index in [1.807, 2.05) is 18.8 Å². The maximum absolute atomic E-state index is 4.93. The number of thiocarbonyl (C=S) groups is 1. The van der Waals surface area contributed by atoms with Crippen molar-refractivity contribution in [3.8, 4) is 0 Å². The molecule has 0 aliphatic heterocycles. The molecule has 2 nitrogen and oxygen atoms in total. The lowest BCUT2D eigenvalue weighted by atomic mass is 10.2. The van der Waals surface area contributed by atoms with Gasteiger partial charge in [0.25, 0.3) is 0 Å². The van der Waals surface area contributed by atoms with Gasteiger partial charge in [-0.3, -0.25) is 0 Å². The quantitative estimate of drug-likeness (QED) is 0.509. The second-order valence-electron chi connectivity index (χ2n) is 2.56. The molecule has 0 amide bonds. The summed E-state index contributed by atoms with van der Waals surface area (Å²) < 4.78 is 0. The molecule has 0 aromatic carbocycles. The Kier molecular flexibility index (Phi) is 9.16. The van der Waals surface area contributed by atoms with Gasteiger partial charge in [0, 0.05) is 13.6 Å². The molecule has 0 spiro atoms. The van der Waals surface area contributed by atoms with Gasteiger partial charge in [-0.05, 0) is 37.1 Å². The summed E-state index contributed by atoms with van der Waals surface area (Å²) in [6, 6.07) is 0. The molecular formula is C8H18N2S2. The Bertz CT molecular complexity index is 118. The number of rotatable bonds is 6. The number of unbranched alkanes of at least 4 members (excludes halogenated alkanes) is 2. The van der Waals surface area contributed by atoms with E-state index in [2.05, 4.69) is 16.9 Å². The average Bonchev–Trinajstić information content (AvgIpc) is 2.10. The van der Waals surface area contributed by atoms with E-state index in [9.17, 15) is 0 Å². The van der Waals surface area contributed by atoms with Gasteiger partial charge in [-0.1, -0.05) is 6.42 Å². The normalized spacial score (nSPS) is 9.50. The van der Waals surface area contributed by atoms with Crippen molar-refractivity contribution in [1.82, 2.24) is 10.6 Å². The fourth-order valence-corrected chi connectivity index (χ4v) is 1.43. The molecule has 0 rings (SSSR count). The highest BCUT2D eigenvalue weighted by Gasteiger charge is 1.90. The maximum Gasteiger partial charge on any atom is 0.166 e. The van der Waals surface area contributed by atoms with E-state index >= 15 is 0 Å². The van der Waals surface area contributed by atoms with Gasteiger partial charge in [-0.2, -0.15) is 11.8 Å². The predicted molar refractivity (Wildman–Crippen MR) is 61.9 cm³/mol. The molecule has 2 N–H and O–H groups in total. The molecule has 0 heterocycles. The molecule has 0 atom stereocenters. The maximum atomic E-state index is 4.93. The number of hydrogen-bond donors (Lipinski definition) is 2. The zero-order chi connectivity index (χ0) is 9.23. The monoisotopic (exact) mass is 206 g/mol. The summed E-state index contributed by atoms with van der Waals surface area (Å²) in [5.74, 6) is 1.27. The van der Waals surface area contributed by atoms with Crippen LogP contribution in [0.2, 0.25) is 0 Å². The van der Waals surface area contributed by atoms with Crippen LogP contribution in [0.5, 0.6) is 0 Å². The summed E-state index contributed by atoms with van der Waals surface area (Å²) >= 11 is 6.84. The predicted octanol–water partition coefficient (Wildman–Crippen LogP) is 1.61. The minimum atomic E-state index is 0.750. The van der Waals surface area contributed by atoms with E-state index < -0.39 is 0 Å². The lowest BCUT2D eigenvalue weighted by Crippen LogP contribution is -2.32. The molecule has 0 saturated carbocycles. The van der Waals surface area contributed by atoms with Crippen molar-refractivity contribution < 1.29 is 0 Å². The van der Waals surface area contributed by atoms with Gasteiger partial charge in [0.05, 0.1) is 0 Å². The van der Waals surface area contributed by atoms with Gasteiger partial charge >= 0.3 is 0 Å². The van der Waals surface area contributed by atoms with Crippen LogP contribution >= 0.6 is 24.0 Å². The standard InChI is InChI=1S/C8H18N2S2/c1-9-8(11)10-6-4-3-5-7-12-2/h3-7H2,1-2H3,(H2,9,10,11). The zero-order valence-electron chi connectivity index (χ0n) is 7.85. The summed E-state index contributed by atoms with van der Waals surface area (Å²) in [6.45, 7) is 0.994. The second-order valence-corrected chi connectivity index (χ2v) is 3.95. The first-order valence-corrected chi connectivity index (χ1v) is 6.06. The molecule has 0 unspecified atom stereocenters. The summed E-state index contributed by atoms with van der Waals surface area (Å²) in [4.78, 5) is 0. The molecule has 0 bridgehead atoms. The van der Waals surface area contributed by atoms with Gasteiger partial charge in [0.15, 0.2) is 5.11 Å². The smallest absolute Gasteiger partial charge is 0.166 e. The zero-order valence-corrected chi connectivity index (χ0v) is 9.49. The third kappa shape index (κ3) is 8.14. The summed E-state index contributed by atoms with van der Waals surface area (Å²) in [5.41, 5.74) is 0. The van der Waals surface area contributed by atoms with Crippen LogP contribution in [-0.2, 0) is 0 Å². The molecule has 12 heavy (non-hydrogen) atoms. The van der Waals surface area contributed by atoms with Crippen molar-refractivity contribution in [3.63, 3.8) is 0 Å². The van der Waals surface area contributed by atoms with Crippen LogP contribution in [0.4, 0.5) is 0 Å². The first-order valence-electron chi connectivity index (χ1n) is 4.25. The van der Waals surface area contributed by atoms with E-state index in [0.29, 0.717) is 0 Å². The van der Waals surface area contributed by atoms with Crippen molar-refractivity contribution in [1.29, 1.82) is 0 Å². The first-order chi connectivity index (χ1) is 5.81. The Hall–Kier alpha value is 0.0400. The highest BCUT2D eigenvalue weighted by atomic mass is 32.2. The van der Waals surface area contributed by atoms with Crippen LogP contribution in [0, 0.1) is 0 Å². The van der Waals surface area contributed by atoms with Crippen molar-refractivity contribution in [2.24, 2.45) is 0 Å². The second kappa shape index (κ2) is 9.13. The molecule has 0 aliphatic rings. The van der Waals surface area contributed by atoms with E-state index in [4.69, 9.17) is 12.2 Å². The Morgan fingerprint density at radius 2 is 2.08 bits per heavy atom. The van der Waals surface area contributed by atoms with Gasteiger partial charge in [-0.15, -0.1) is 0 Å². The Morgan fingerprint density at radius 3 is 2.67 bits per heavy atom. The molecular weight excluding hydrogens is 188 g/mol. The highest BCUT2D eigenvalue weighted by molar-refractivity contribution is 7.98. The van der Waals surface area contributed by atoms with Crippen LogP contribution in [0.1, 0.15) is 19.3 Å². The molecule has 0 radical (unpaired) electrons. The van der Waals surface area contributed by atoms with Crippen molar-refractivity contribution in [3.05, 3.63) is 0 Å². The summed E-state index contributed by atoms with van der Waals surface area (Å²) in [7, 11) is 1.84. The average molecular weight is 206 g/mol. The Labute approximate surface area is 84.9 Å². The number of hydrogen-bond acceptors (Lipinski definition) is 2. The third-order valence-electron chi connectivity index (χ3n) is 1.54. The van der Waals surface area contributed by atoms with Gasteiger partial charge < -0.3 is 10.6 Å². The fraction of sp³-hybridized carbons (Fsp3) is 0.875. The van der Waals surface area contributed by atoms with Gasteiger partial charge in [0.1, 0.15) is 0 Å². The Morgan fingerprint density at radius 1 is 1.33 bits per heavy atom. The molecule has 4 heteroatoms. The van der Waals surface area contributed by atoms with Crippen molar-refractivity contribution in [2.75, 3.05) is 25.6 Å². The molecule has 0 aliphatic carbocycles. The Balaban J connectivity index is 2.95. The molecule has 0 aromatic heterocycles. The van der Waals surface area contributed by atoms with E-state index in [0.717, 1.165) is 11.7 Å². The molecule has 0 saturated heterocycles. The highest BCUT2D eigenvalue weighted by Crippen LogP contribution is 2.00. The first kappa shape index (κ1) is 12.0. The largest absolute Gasteiger partial charge is 0.366 e. The van der Waals surface area contributed by atoms with Crippen LogP contribution in [0.3, 0.4) is 0 Å². The fourth-order valence-electron chi connectivity index (χ4n) is 0.838. The van der Waals surface area contributed by atoms with Gasteiger partial charge in [-0.25, -0.2) is 0 Å². The number of thioether (sulfide) groups is 1. The minimum Gasteiger partial charge on any atom is -0.366 e. The third-order valence-corrected chi connectivity index (χ3v) is 2.58. The lowest BCUT2D eigenvalue weighted by Gasteiger charge is -2.05. The van der Waals surface area contributed by atoms with E-state index in [-0.39, 0.29) is 0 Å². The van der Waals surface area contributed by atoms with Crippen LogP contribution in [-0.4, -0.2) is 30.7 Å². The topological polar surface area (TPSA) is 24.1 Å². The van der Waals surface area contributed by atoms with Crippen LogP contribution in [0.25, 0.3) is 0 Å². The van der Waals surface area contributed by atoms with Crippen molar-refractivity contribution >= 4 is 29.1 Å². The molecule has 0 fully saturated rings.